The third-order valence-corrected chi connectivity index (χ3v) is 4.37. The molecule has 0 aliphatic carbocycles. The van der Waals surface area contributed by atoms with Crippen LogP contribution >= 0.6 is 23.2 Å². The number of hydrogen-bond donors (Lipinski definition) is 2. The van der Waals surface area contributed by atoms with Crippen molar-refractivity contribution in [2.45, 2.75) is 25.6 Å². The maximum absolute atomic E-state index is 11.6. The third-order valence-electron chi connectivity index (χ3n) is 3.66. The van der Waals surface area contributed by atoms with E-state index in [0.29, 0.717) is 21.4 Å². The fraction of sp³-hybridized carbons (Fsp3) is 0.278. The first-order chi connectivity index (χ1) is 11.8. The van der Waals surface area contributed by atoms with Gasteiger partial charge in [-0.05, 0) is 43.3 Å². The molecule has 0 fully saturated rings. The quantitative estimate of drug-likeness (QED) is 0.653. The standard InChI is InChI=1S/C18H18Cl2O5/c1-18(17(22)23,25-13-7-5-12(21)6-8-13)9-10-24-11-14-15(19)3-2-4-16(14)20/h2-8,21H,9-11H2,1H3,(H,22,23). The number of aromatic hydroxyl groups is 1. The molecule has 0 aliphatic rings. The predicted octanol–water partition coefficient (Wildman–Crippen LogP) is 4.53. The van der Waals surface area contributed by atoms with Crippen LogP contribution in [-0.2, 0) is 16.1 Å². The van der Waals surface area contributed by atoms with Crippen LogP contribution in [0.1, 0.15) is 18.9 Å². The van der Waals surface area contributed by atoms with Gasteiger partial charge in [0.25, 0.3) is 0 Å². The topological polar surface area (TPSA) is 76.0 Å². The van der Waals surface area contributed by atoms with Crippen molar-refractivity contribution in [3.8, 4) is 11.5 Å². The van der Waals surface area contributed by atoms with E-state index in [4.69, 9.17) is 32.7 Å². The van der Waals surface area contributed by atoms with Crippen molar-refractivity contribution in [3.05, 3.63) is 58.1 Å². The Kier molecular flexibility index (Phi) is 6.53. The van der Waals surface area contributed by atoms with E-state index in [1.807, 2.05) is 0 Å². The third kappa shape index (κ3) is 5.26. The molecular weight excluding hydrogens is 367 g/mol. The highest BCUT2D eigenvalue weighted by molar-refractivity contribution is 6.35. The van der Waals surface area contributed by atoms with Gasteiger partial charge >= 0.3 is 5.97 Å². The van der Waals surface area contributed by atoms with E-state index in [0.717, 1.165) is 0 Å². The number of rotatable bonds is 8. The Morgan fingerprint density at radius 1 is 1.12 bits per heavy atom. The number of ether oxygens (including phenoxy) is 2. The summed E-state index contributed by atoms with van der Waals surface area (Å²) in [6, 6.07) is 11.0. The van der Waals surface area contributed by atoms with E-state index in [-0.39, 0.29) is 25.4 Å². The number of phenolic OH excluding ortho intramolecular Hbond substituents is 1. The highest BCUT2D eigenvalue weighted by Crippen LogP contribution is 2.26. The van der Waals surface area contributed by atoms with Crippen LogP contribution in [0.2, 0.25) is 10.0 Å². The van der Waals surface area contributed by atoms with Crippen molar-refractivity contribution in [1.82, 2.24) is 0 Å². The van der Waals surface area contributed by atoms with Gasteiger partial charge in [-0.3, -0.25) is 0 Å². The monoisotopic (exact) mass is 384 g/mol. The van der Waals surface area contributed by atoms with Crippen molar-refractivity contribution in [3.63, 3.8) is 0 Å². The minimum absolute atomic E-state index is 0.0735. The molecule has 5 nitrogen and oxygen atoms in total. The van der Waals surface area contributed by atoms with Crippen molar-refractivity contribution < 1.29 is 24.5 Å². The average molecular weight is 385 g/mol. The van der Waals surface area contributed by atoms with Crippen LogP contribution in [0.25, 0.3) is 0 Å². The first-order valence-corrected chi connectivity index (χ1v) is 8.29. The van der Waals surface area contributed by atoms with Gasteiger partial charge in [-0.2, -0.15) is 0 Å². The fourth-order valence-electron chi connectivity index (χ4n) is 2.09. The lowest BCUT2D eigenvalue weighted by Gasteiger charge is -2.26. The van der Waals surface area contributed by atoms with Crippen LogP contribution in [0.5, 0.6) is 11.5 Å². The number of benzene rings is 2. The molecule has 2 aromatic rings. The van der Waals surface area contributed by atoms with Crippen molar-refractivity contribution in [1.29, 1.82) is 0 Å². The van der Waals surface area contributed by atoms with E-state index in [1.54, 1.807) is 18.2 Å². The van der Waals surface area contributed by atoms with Gasteiger partial charge in [0.2, 0.25) is 5.60 Å². The zero-order valence-corrected chi connectivity index (χ0v) is 15.0. The molecule has 0 aromatic heterocycles. The van der Waals surface area contributed by atoms with Gasteiger partial charge in [0.05, 0.1) is 13.2 Å². The molecule has 0 saturated carbocycles. The average Bonchev–Trinajstić information content (AvgIpc) is 2.56. The molecule has 0 spiro atoms. The lowest BCUT2D eigenvalue weighted by molar-refractivity contribution is -0.155. The van der Waals surface area contributed by atoms with Gasteiger partial charge in [0.1, 0.15) is 11.5 Å². The summed E-state index contributed by atoms with van der Waals surface area (Å²) in [5, 5.41) is 19.7. The Balaban J connectivity index is 1.95. The molecule has 1 atom stereocenters. The fourth-order valence-corrected chi connectivity index (χ4v) is 2.59. The van der Waals surface area contributed by atoms with Crippen LogP contribution in [0.15, 0.2) is 42.5 Å². The zero-order valence-electron chi connectivity index (χ0n) is 13.5. The maximum atomic E-state index is 11.6. The van der Waals surface area contributed by atoms with Crippen LogP contribution in [0.3, 0.4) is 0 Å². The molecule has 25 heavy (non-hydrogen) atoms. The Hall–Kier alpha value is -1.95. The number of carbonyl (C=O) groups is 1. The molecule has 0 radical (unpaired) electrons. The molecule has 0 saturated heterocycles. The van der Waals surface area contributed by atoms with E-state index in [1.165, 1.54) is 31.2 Å². The van der Waals surface area contributed by atoms with Crippen LogP contribution in [-0.4, -0.2) is 28.4 Å². The molecular formula is C18H18Cl2O5. The van der Waals surface area contributed by atoms with Gasteiger partial charge < -0.3 is 19.7 Å². The lowest BCUT2D eigenvalue weighted by atomic mass is 10.0. The summed E-state index contributed by atoms with van der Waals surface area (Å²) in [5.74, 6) is -0.693. The zero-order chi connectivity index (χ0) is 18.4. The molecule has 1 unspecified atom stereocenters. The second-order valence-electron chi connectivity index (χ2n) is 5.63. The summed E-state index contributed by atoms with van der Waals surface area (Å²) in [6.45, 7) is 1.78. The van der Waals surface area contributed by atoms with Gasteiger partial charge in [-0.25, -0.2) is 4.79 Å². The molecule has 2 aromatic carbocycles. The highest BCUT2D eigenvalue weighted by atomic mass is 35.5. The smallest absolute Gasteiger partial charge is 0.347 e. The minimum Gasteiger partial charge on any atom is -0.508 e. The summed E-state index contributed by atoms with van der Waals surface area (Å²) in [5.41, 5.74) is -0.816. The van der Waals surface area contributed by atoms with E-state index < -0.39 is 11.6 Å². The van der Waals surface area contributed by atoms with Crippen LogP contribution in [0, 0.1) is 0 Å². The molecule has 0 amide bonds. The van der Waals surface area contributed by atoms with Crippen LogP contribution in [0.4, 0.5) is 0 Å². The largest absolute Gasteiger partial charge is 0.508 e. The SMILES string of the molecule is CC(CCOCc1c(Cl)cccc1Cl)(Oc1ccc(O)cc1)C(=O)O. The van der Waals surface area contributed by atoms with Crippen molar-refractivity contribution >= 4 is 29.2 Å². The summed E-state index contributed by atoms with van der Waals surface area (Å²) in [4.78, 5) is 11.6. The van der Waals surface area contributed by atoms with Gasteiger partial charge in [0, 0.05) is 22.0 Å². The first-order valence-electron chi connectivity index (χ1n) is 7.54. The van der Waals surface area contributed by atoms with E-state index in [9.17, 15) is 15.0 Å². The van der Waals surface area contributed by atoms with E-state index in [2.05, 4.69) is 0 Å². The Morgan fingerprint density at radius 2 is 1.72 bits per heavy atom. The molecule has 7 heteroatoms. The first kappa shape index (κ1) is 19.4. The Bertz CT molecular complexity index is 712. The minimum atomic E-state index is -1.47. The van der Waals surface area contributed by atoms with Gasteiger partial charge in [-0.1, -0.05) is 29.3 Å². The van der Waals surface area contributed by atoms with Crippen LogP contribution < -0.4 is 4.74 Å². The molecule has 2 rings (SSSR count). The number of carboxylic acids is 1. The number of hydrogen-bond acceptors (Lipinski definition) is 4. The molecule has 0 bridgehead atoms. The second kappa shape index (κ2) is 8.43. The summed E-state index contributed by atoms with van der Waals surface area (Å²) < 4.78 is 11.1. The summed E-state index contributed by atoms with van der Waals surface area (Å²) in [7, 11) is 0. The Labute approximate surface area is 155 Å². The number of halogens is 2. The molecule has 2 N–H and O–H groups in total. The molecule has 0 aliphatic heterocycles. The van der Waals surface area contributed by atoms with Crippen molar-refractivity contribution in [2.75, 3.05) is 6.61 Å². The lowest BCUT2D eigenvalue weighted by Crippen LogP contribution is -2.42. The molecule has 134 valence electrons. The normalized spacial score (nSPS) is 13.2. The number of aliphatic carboxylic acids is 1. The Morgan fingerprint density at radius 3 is 2.28 bits per heavy atom. The maximum Gasteiger partial charge on any atom is 0.347 e. The second-order valence-corrected chi connectivity index (χ2v) is 6.45. The highest BCUT2D eigenvalue weighted by Gasteiger charge is 2.35. The van der Waals surface area contributed by atoms with Gasteiger partial charge in [0.15, 0.2) is 0 Å². The summed E-state index contributed by atoms with van der Waals surface area (Å²) >= 11 is 12.1. The number of carboxylic acid groups (broad SMARTS) is 1. The predicted molar refractivity (Wildman–Crippen MR) is 95.5 cm³/mol. The van der Waals surface area contributed by atoms with Crippen molar-refractivity contribution in [2.24, 2.45) is 0 Å². The summed E-state index contributed by atoms with van der Waals surface area (Å²) in [6.07, 6.45) is 0.116. The van der Waals surface area contributed by atoms with E-state index >= 15 is 0 Å². The van der Waals surface area contributed by atoms with Gasteiger partial charge in [-0.15, -0.1) is 0 Å². The number of phenols is 1. The molecule has 0 heterocycles.